The van der Waals surface area contributed by atoms with Gasteiger partial charge in [0.1, 0.15) is 5.69 Å². The van der Waals surface area contributed by atoms with Gasteiger partial charge in [0.15, 0.2) is 0 Å². The Hall–Kier alpha value is -4.53. The average Bonchev–Trinajstić information content (AvgIpc) is 3.12. The summed E-state index contributed by atoms with van der Waals surface area (Å²) < 4.78 is 1.06. The van der Waals surface area contributed by atoms with Crippen molar-refractivity contribution in [3.05, 3.63) is 74.3 Å². The van der Waals surface area contributed by atoms with Gasteiger partial charge in [0.05, 0.1) is 21.8 Å². The van der Waals surface area contributed by atoms with E-state index in [0.29, 0.717) is 5.56 Å². The second kappa shape index (κ2) is 9.98. The largest absolute Gasteiger partial charge is 0.334 e. The normalized spacial score (nSPS) is 10.8. The van der Waals surface area contributed by atoms with E-state index in [1.54, 1.807) is 12.1 Å². The number of para-hydroxylation sites is 2. The van der Waals surface area contributed by atoms with Crippen LogP contribution in [0.4, 0.5) is 23.0 Å². The highest BCUT2D eigenvalue weighted by atomic mass is 32.2. The summed E-state index contributed by atoms with van der Waals surface area (Å²) in [7, 11) is 0. The van der Waals surface area contributed by atoms with Crippen LogP contribution in [-0.2, 0) is 4.79 Å². The lowest BCUT2D eigenvalue weighted by molar-refractivity contribution is -0.384. The lowest BCUT2D eigenvalue weighted by Gasteiger charge is -2.05. The molecule has 0 spiro atoms. The Balaban J connectivity index is 1.57. The Labute approximate surface area is 183 Å². The minimum absolute atomic E-state index is 0.0632. The number of thioether (sulfide) groups is 1. The molecule has 1 aromatic heterocycles. The van der Waals surface area contributed by atoms with Gasteiger partial charge in [-0.1, -0.05) is 36.0 Å². The van der Waals surface area contributed by atoms with E-state index >= 15 is 0 Å². The summed E-state index contributed by atoms with van der Waals surface area (Å²) >= 11 is 0.960. The molecule has 0 saturated carbocycles. The van der Waals surface area contributed by atoms with Crippen molar-refractivity contribution in [2.75, 3.05) is 22.3 Å². The molecule has 14 nitrogen and oxygen atoms in total. The lowest BCUT2D eigenvalue weighted by atomic mass is 10.2. The third kappa shape index (κ3) is 5.54. The number of hydrogen-bond acceptors (Lipinski definition) is 11. The molecule has 164 valence electrons. The highest BCUT2D eigenvalue weighted by Crippen LogP contribution is 2.24. The number of nitro benzene ring substituents is 2. The van der Waals surface area contributed by atoms with Crippen LogP contribution in [0.1, 0.15) is 5.56 Å². The van der Waals surface area contributed by atoms with Gasteiger partial charge in [0.25, 0.3) is 17.3 Å². The van der Waals surface area contributed by atoms with Crippen LogP contribution in [0.2, 0.25) is 0 Å². The van der Waals surface area contributed by atoms with Crippen LogP contribution >= 0.6 is 11.8 Å². The lowest BCUT2D eigenvalue weighted by Crippen LogP contribution is -2.17. The number of carbonyl (C=O) groups excluding carboxylic acids is 1. The van der Waals surface area contributed by atoms with Gasteiger partial charge in [0, 0.05) is 23.8 Å². The molecule has 32 heavy (non-hydrogen) atoms. The van der Waals surface area contributed by atoms with Gasteiger partial charge >= 0.3 is 0 Å². The monoisotopic (exact) mass is 457 g/mol. The molecule has 0 aliphatic rings. The fourth-order valence-electron chi connectivity index (χ4n) is 2.39. The maximum atomic E-state index is 12.1. The molecule has 3 rings (SSSR count). The number of carbonyl (C=O) groups is 1. The Morgan fingerprint density at radius 1 is 1.16 bits per heavy atom. The van der Waals surface area contributed by atoms with E-state index in [4.69, 9.17) is 5.84 Å². The number of nitrogens with two attached hydrogens (primary N) is 1. The number of nitrogens with one attached hydrogen (secondary N) is 2. The maximum Gasteiger partial charge on any atom is 0.292 e. The minimum Gasteiger partial charge on any atom is -0.334 e. The van der Waals surface area contributed by atoms with Crippen LogP contribution in [0.5, 0.6) is 0 Å². The number of nitrogen functional groups attached to an aromatic ring is 1. The van der Waals surface area contributed by atoms with Gasteiger partial charge in [-0.25, -0.2) is 10.1 Å². The van der Waals surface area contributed by atoms with Crippen LogP contribution in [0.15, 0.2) is 58.8 Å². The summed E-state index contributed by atoms with van der Waals surface area (Å²) in [5.41, 5.74) is 2.82. The first-order chi connectivity index (χ1) is 15.3. The van der Waals surface area contributed by atoms with Gasteiger partial charge in [0.2, 0.25) is 11.1 Å². The standard InChI is InChI=1S/C17H15N9O5S/c18-24-16(21-19-9-11-4-3-5-12(8-11)25(28)29)22-23-17(24)32-10-15(27)20-13-6-1-2-7-14(13)26(30)31/h1-9H,10,18H2,(H,20,27)(H,21,22)/b19-9+. The second-order valence-corrected chi connectivity index (χ2v) is 6.95. The number of nitro groups is 2. The topological polar surface area (TPSA) is 196 Å². The van der Waals surface area contributed by atoms with Crippen LogP contribution < -0.4 is 16.6 Å². The Morgan fingerprint density at radius 2 is 1.94 bits per heavy atom. The average molecular weight is 457 g/mol. The number of nitrogens with zero attached hydrogens (tertiary/aromatic N) is 6. The maximum absolute atomic E-state index is 12.1. The van der Waals surface area contributed by atoms with E-state index in [9.17, 15) is 25.0 Å². The molecule has 1 amide bonds. The Bertz CT molecular complexity index is 1200. The zero-order valence-electron chi connectivity index (χ0n) is 16.1. The Morgan fingerprint density at radius 3 is 2.69 bits per heavy atom. The molecular weight excluding hydrogens is 442 g/mol. The van der Waals surface area contributed by atoms with E-state index in [1.165, 1.54) is 42.6 Å². The Kier molecular flexibility index (Phi) is 6.92. The van der Waals surface area contributed by atoms with Crippen molar-refractivity contribution < 1.29 is 14.6 Å². The van der Waals surface area contributed by atoms with Crippen molar-refractivity contribution in [1.29, 1.82) is 0 Å². The first-order valence-corrected chi connectivity index (χ1v) is 9.74. The number of rotatable bonds is 9. The fraction of sp³-hybridized carbons (Fsp3) is 0.0588. The van der Waals surface area contributed by atoms with Gasteiger partial charge in [-0.3, -0.25) is 25.0 Å². The van der Waals surface area contributed by atoms with Gasteiger partial charge in [-0.05, 0) is 6.07 Å². The number of amides is 1. The van der Waals surface area contributed by atoms with Gasteiger partial charge < -0.3 is 11.2 Å². The summed E-state index contributed by atoms with van der Waals surface area (Å²) in [6, 6.07) is 11.6. The summed E-state index contributed by atoms with van der Waals surface area (Å²) in [6.45, 7) is 0. The number of non-ortho nitro benzene ring substituents is 1. The van der Waals surface area contributed by atoms with Crippen molar-refractivity contribution in [2.24, 2.45) is 5.10 Å². The molecule has 2 aromatic carbocycles. The molecule has 4 N–H and O–H groups in total. The zero-order chi connectivity index (χ0) is 23.1. The predicted octanol–water partition coefficient (Wildman–Crippen LogP) is 1.99. The van der Waals surface area contributed by atoms with Crippen LogP contribution in [0.3, 0.4) is 0 Å². The van der Waals surface area contributed by atoms with Crippen molar-refractivity contribution in [3.63, 3.8) is 0 Å². The summed E-state index contributed by atoms with van der Waals surface area (Å²) in [5, 5.41) is 36.0. The van der Waals surface area contributed by atoms with Gasteiger partial charge in [-0.2, -0.15) is 5.10 Å². The smallest absolute Gasteiger partial charge is 0.292 e. The third-order valence-corrected chi connectivity index (χ3v) is 4.77. The predicted molar refractivity (Wildman–Crippen MR) is 117 cm³/mol. The van der Waals surface area contributed by atoms with Crippen LogP contribution in [-0.4, -0.2) is 42.6 Å². The molecule has 0 saturated heterocycles. The quantitative estimate of drug-likeness (QED) is 0.140. The SMILES string of the molecule is Nn1c(N/N=C/c2cccc([N+](=O)[O-])c2)nnc1SCC(=O)Nc1ccccc1[N+](=O)[O-]. The molecule has 0 aliphatic carbocycles. The molecule has 0 radical (unpaired) electrons. The highest BCUT2D eigenvalue weighted by molar-refractivity contribution is 7.99. The number of benzene rings is 2. The zero-order valence-corrected chi connectivity index (χ0v) is 16.9. The molecule has 1 heterocycles. The van der Waals surface area contributed by atoms with E-state index in [1.807, 2.05) is 0 Å². The van der Waals surface area contributed by atoms with Crippen molar-refractivity contribution in [3.8, 4) is 0 Å². The number of hydrogen-bond donors (Lipinski definition) is 3. The van der Waals surface area contributed by atoms with Crippen LogP contribution in [0, 0.1) is 20.2 Å². The molecule has 0 fully saturated rings. The number of hydrazone groups is 1. The molecular formula is C17H15N9O5S. The fourth-order valence-corrected chi connectivity index (χ4v) is 3.05. The van der Waals surface area contributed by atoms with E-state index in [-0.39, 0.29) is 33.9 Å². The van der Waals surface area contributed by atoms with Crippen LogP contribution in [0.25, 0.3) is 0 Å². The first-order valence-electron chi connectivity index (χ1n) is 8.75. The summed E-state index contributed by atoms with van der Waals surface area (Å²) in [4.78, 5) is 32.9. The van der Waals surface area contributed by atoms with Gasteiger partial charge in [-0.15, -0.1) is 10.2 Å². The van der Waals surface area contributed by atoms with Crippen molar-refractivity contribution >= 4 is 46.9 Å². The van der Waals surface area contributed by atoms with Crippen molar-refractivity contribution in [2.45, 2.75) is 5.16 Å². The molecule has 15 heteroatoms. The molecule has 0 bridgehead atoms. The minimum atomic E-state index is -0.592. The first kappa shape index (κ1) is 22.2. The molecule has 0 unspecified atom stereocenters. The molecule has 3 aromatic rings. The molecule has 0 aliphatic heterocycles. The highest BCUT2D eigenvalue weighted by Gasteiger charge is 2.16. The van der Waals surface area contributed by atoms with E-state index in [2.05, 4.69) is 26.0 Å². The van der Waals surface area contributed by atoms with E-state index in [0.717, 1.165) is 16.4 Å². The number of anilines is 2. The number of aromatic nitrogens is 3. The van der Waals surface area contributed by atoms with Crippen molar-refractivity contribution in [1.82, 2.24) is 14.9 Å². The third-order valence-electron chi connectivity index (χ3n) is 3.83. The molecule has 0 atom stereocenters. The summed E-state index contributed by atoms with van der Waals surface area (Å²) in [6.07, 6.45) is 1.34. The summed E-state index contributed by atoms with van der Waals surface area (Å²) in [5.74, 6) is 5.32. The second-order valence-electron chi connectivity index (χ2n) is 6.01. The van der Waals surface area contributed by atoms with E-state index < -0.39 is 15.8 Å².